The van der Waals surface area contributed by atoms with Crippen molar-refractivity contribution in [2.45, 2.75) is 39.7 Å². The van der Waals surface area contributed by atoms with Crippen molar-refractivity contribution >= 4 is 29.9 Å². The molecule has 0 spiro atoms. The molecule has 0 bridgehead atoms. The molecule has 1 unspecified atom stereocenters. The predicted octanol–water partition coefficient (Wildman–Crippen LogP) is 1.67. The Bertz CT molecular complexity index is 227. The summed E-state index contributed by atoms with van der Waals surface area (Å²) in [5.74, 6) is 0.532. The first kappa shape index (κ1) is 21.2. The van der Waals surface area contributed by atoms with Crippen molar-refractivity contribution in [3.63, 3.8) is 0 Å². The molecule has 0 aliphatic heterocycles. The summed E-state index contributed by atoms with van der Waals surface area (Å²) >= 11 is 0. The lowest BCUT2D eigenvalue weighted by molar-refractivity contribution is 0.146. The Balaban J connectivity index is 0. The molecule has 0 fully saturated rings. The molecule has 0 rings (SSSR count). The van der Waals surface area contributed by atoms with Gasteiger partial charge in [-0.3, -0.25) is 4.99 Å². The highest BCUT2D eigenvalue weighted by atomic mass is 127. The van der Waals surface area contributed by atoms with Crippen molar-refractivity contribution in [2.75, 3.05) is 39.9 Å². The second-order valence-corrected chi connectivity index (χ2v) is 4.48. The van der Waals surface area contributed by atoms with Crippen LogP contribution in [-0.2, 0) is 4.74 Å². The molecule has 0 aliphatic carbocycles. The number of rotatable bonds is 10. The number of halogens is 1. The third kappa shape index (κ3) is 12.7. The topological polar surface area (TPSA) is 62.9 Å². The molecule has 5 nitrogen and oxygen atoms in total. The van der Waals surface area contributed by atoms with Gasteiger partial charge in [-0.25, -0.2) is 0 Å². The maximum atomic E-state index is 5.76. The SMILES string of the molecule is CCOCCCN=C(N)NCCN(C)C(C)CC.I. The Hall–Kier alpha value is -0.0800. The van der Waals surface area contributed by atoms with Gasteiger partial charge in [0.25, 0.3) is 0 Å². The molecule has 19 heavy (non-hydrogen) atoms. The second-order valence-electron chi connectivity index (χ2n) is 4.48. The van der Waals surface area contributed by atoms with Crippen molar-refractivity contribution in [1.82, 2.24) is 10.2 Å². The van der Waals surface area contributed by atoms with Gasteiger partial charge in [-0.15, -0.1) is 24.0 Å². The quantitative estimate of drug-likeness (QED) is 0.260. The first-order chi connectivity index (χ1) is 8.61. The molecule has 0 radical (unpaired) electrons. The molecule has 0 amide bonds. The Morgan fingerprint density at radius 1 is 1.42 bits per heavy atom. The van der Waals surface area contributed by atoms with Crippen molar-refractivity contribution in [2.24, 2.45) is 10.7 Å². The zero-order valence-electron chi connectivity index (χ0n) is 12.8. The molecule has 3 N–H and O–H groups in total. The van der Waals surface area contributed by atoms with E-state index < -0.39 is 0 Å². The van der Waals surface area contributed by atoms with E-state index in [1.54, 1.807) is 0 Å². The summed E-state index contributed by atoms with van der Waals surface area (Å²) in [6.07, 6.45) is 2.08. The molecule has 116 valence electrons. The lowest BCUT2D eigenvalue weighted by Gasteiger charge is -2.23. The molecule has 6 heteroatoms. The molecular formula is C13H31IN4O. The van der Waals surface area contributed by atoms with Crippen LogP contribution in [0.1, 0.15) is 33.6 Å². The van der Waals surface area contributed by atoms with Gasteiger partial charge in [-0.1, -0.05) is 6.92 Å². The van der Waals surface area contributed by atoms with Gasteiger partial charge in [0.1, 0.15) is 0 Å². The van der Waals surface area contributed by atoms with E-state index in [2.05, 4.69) is 36.1 Å². The van der Waals surface area contributed by atoms with Crippen LogP contribution in [0.2, 0.25) is 0 Å². The number of nitrogens with one attached hydrogen (secondary N) is 1. The monoisotopic (exact) mass is 386 g/mol. The average Bonchev–Trinajstić information content (AvgIpc) is 2.37. The summed E-state index contributed by atoms with van der Waals surface area (Å²) < 4.78 is 5.23. The van der Waals surface area contributed by atoms with Gasteiger partial charge in [-0.05, 0) is 33.7 Å². The minimum atomic E-state index is 0. The van der Waals surface area contributed by atoms with Crippen molar-refractivity contribution in [1.29, 1.82) is 0 Å². The van der Waals surface area contributed by atoms with Crippen molar-refractivity contribution in [3.05, 3.63) is 0 Å². The fraction of sp³-hybridized carbons (Fsp3) is 0.923. The second kappa shape index (κ2) is 14.3. The maximum Gasteiger partial charge on any atom is 0.188 e. The fourth-order valence-electron chi connectivity index (χ4n) is 1.46. The lowest BCUT2D eigenvalue weighted by atomic mass is 10.2. The highest BCUT2D eigenvalue weighted by Gasteiger charge is 2.05. The molecule has 0 saturated heterocycles. The number of aliphatic imine (C=N–C) groups is 1. The minimum absolute atomic E-state index is 0. The number of hydrogen-bond donors (Lipinski definition) is 2. The van der Waals surface area contributed by atoms with Crippen LogP contribution in [0.4, 0.5) is 0 Å². The molecule has 0 aromatic carbocycles. The van der Waals surface area contributed by atoms with Gasteiger partial charge >= 0.3 is 0 Å². The normalized spacial score (nSPS) is 13.2. The Morgan fingerprint density at radius 3 is 2.68 bits per heavy atom. The van der Waals surface area contributed by atoms with Crippen LogP contribution in [-0.4, -0.2) is 56.8 Å². The Labute approximate surface area is 135 Å². The number of likely N-dealkylation sites (N-methyl/N-ethyl adjacent to an activating group) is 1. The average molecular weight is 386 g/mol. The van der Waals surface area contributed by atoms with Gasteiger partial charge in [0.05, 0.1) is 0 Å². The fourth-order valence-corrected chi connectivity index (χ4v) is 1.46. The van der Waals surface area contributed by atoms with E-state index in [0.717, 1.165) is 45.7 Å². The minimum Gasteiger partial charge on any atom is -0.382 e. The number of hydrogen-bond acceptors (Lipinski definition) is 3. The molecule has 0 aromatic rings. The molecule has 0 aliphatic rings. The van der Waals surface area contributed by atoms with Crippen molar-refractivity contribution in [3.8, 4) is 0 Å². The molecular weight excluding hydrogens is 355 g/mol. The van der Waals surface area contributed by atoms with Gasteiger partial charge in [0, 0.05) is 38.9 Å². The van der Waals surface area contributed by atoms with E-state index in [1.165, 1.54) is 0 Å². The molecule has 0 heterocycles. The highest BCUT2D eigenvalue weighted by Crippen LogP contribution is 1.97. The first-order valence-corrected chi connectivity index (χ1v) is 6.93. The van der Waals surface area contributed by atoms with Gasteiger partial charge in [-0.2, -0.15) is 0 Å². The Morgan fingerprint density at radius 2 is 2.11 bits per heavy atom. The van der Waals surface area contributed by atoms with Gasteiger partial charge < -0.3 is 20.7 Å². The van der Waals surface area contributed by atoms with Crippen LogP contribution in [0.5, 0.6) is 0 Å². The van der Waals surface area contributed by atoms with Crippen LogP contribution >= 0.6 is 24.0 Å². The van der Waals surface area contributed by atoms with E-state index in [1.807, 2.05) is 6.92 Å². The summed E-state index contributed by atoms with van der Waals surface area (Å²) in [5, 5.41) is 3.13. The maximum absolute atomic E-state index is 5.76. The van der Waals surface area contributed by atoms with Gasteiger partial charge in [0.15, 0.2) is 5.96 Å². The number of nitrogens with zero attached hydrogens (tertiary/aromatic N) is 2. The number of guanidine groups is 1. The summed E-state index contributed by atoms with van der Waals surface area (Å²) in [6, 6.07) is 0.608. The van der Waals surface area contributed by atoms with Crippen LogP contribution < -0.4 is 11.1 Å². The van der Waals surface area contributed by atoms with Crippen molar-refractivity contribution < 1.29 is 4.74 Å². The van der Waals surface area contributed by atoms with Crippen LogP contribution in [0.25, 0.3) is 0 Å². The summed E-state index contributed by atoms with van der Waals surface area (Å²) in [7, 11) is 2.13. The third-order valence-electron chi connectivity index (χ3n) is 3.05. The predicted molar refractivity (Wildman–Crippen MR) is 93.4 cm³/mol. The third-order valence-corrected chi connectivity index (χ3v) is 3.05. The number of nitrogens with two attached hydrogens (primary N) is 1. The smallest absolute Gasteiger partial charge is 0.188 e. The molecule has 0 saturated carbocycles. The standard InChI is InChI=1S/C13H30N4O.HI/c1-5-12(3)17(4)10-9-16-13(14)15-8-7-11-18-6-2;/h12H,5-11H2,1-4H3,(H3,14,15,16);1H. The van der Waals surface area contributed by atoms with Crippen LogP contribution in [0.15, 0.2) is 4.99 Å². The number of ether oxygens (including phenoxy) is 1. The van der Waals surface area contributed by atoms with Gasteiger partial charge in [0.2, 0.25) is 0 Å². The van der Waals surface area contributed by atoms with E-state index in [0.29, 0.717) is 12.0 Å². The largest absolute Gasteiger partial charge is 0.382 e. The van der Waals surface area contributed by atoms with E-state index in [9.17, 15) is 0 Å². The van der Waals surface area contributed by atoms with Crippen LogP contribution in [0.3, 0.4) is 0 Å². The van der Waals surface area contributed by atoms with E-state index in [4.69, 9.17) is 10.5 Å². The summed E-state index contributed by atoms with van der Waals surface area (Å²) in [4.78, 5) is 6.56. The van der Waals surface area contributed by atoms with Crippen LogP contribution in [0, 0.1) is 0 Å². The highest BCUT2D eigenvalue weighted by molar-refractivity contribution is 14.0. The Kier molecular flexibility index (Phi) is 16.0. The van der Waals surface area contributed by atoms with E-state index >= 15 is 0 Å². The zero-order chi connectivity index (χ0) is 13.8. The molecule has 1 atom stereocenters. The van der Waals surface area contributed by atoms with E-state index in [-0.39, 0.29) is 24.0 Å². The zero-order valence-corrected chi connectivity index (χ0v) is 15.1. The summed E-state index contributed by atoms with van der Waals surface area (Å²) in [6.45, 7) is 10.5. The lowest BCUT2D eigenvalue weighted by Crippen LogP contribution is -2.40. The first-order valence-electron chi connectivity index (χ1n) is 6.93. The summed E-state index contributed by atoms with van der Waals surface area (Å²) in [5.41, 5.74) is 5.76. The molecule has 0 aromatic heterocycles.